The second kappa shape index (κ2) is 12.7. The van der Waals surface area contributed by atoms with Gasteiger partial charge in [0.1, 0.15) is 24.2 Å². The van der Waals surface area contributed by atoms with Crippen molar-refractivity contribution in [3.05, 3.63) is 59.7 Å². The van der Waals surface area contributed by atoms with Crippen LogP contribution in [0.25, 0.3) is 0 Å². The van der Waals surface area contributed by atoms with E-state index in [-0.39, 0.29) is 31.2 Å². The summed E-state index contributed by atoms with van der Waals surface area (Å²) in [4.78, 5) is 0. The van der Waals surface area contributed by atoms with Crippen LogP contribution in [-0.2, 0) is 12.8 Å². The average Bonchev–Trinajstić information content (AvgIpc) is 2.70. The molecule has 1 atom stereocenters. The van der Waals surface area contributed by atoms with Crippen molar-refractivity contribution in [1.82, 2.24) is 5.32 Å². The molecule has 0 amide bonds. The van der Waals surface area contributed by atoms with Crippen molar-refractivity contribution in [3.63, 3.8) is 0 Å². The highest BCUT2D eigenvalue weighted by Crippen LogP contribution is 2.17. The number of hydrogen-bond donors (Lipinski definition) is 3. The Morgan fingerprint density at radius 3 is 2.14 bits per heavy atom. The third-order valence-corrected chi connectivity index (χ3v) is 4.61. The minimum Gasteiger partial charge on any atom is -0.497 e. The summed E-state index contributed by atoms with van der Waals surface area (Å²) in [5.74, 6) is 1.59. The van der Waals surface area contributed by atoms with E-state index in [2.05, 4.69) is 31.3 Å². The van der Waals surface area contributed by atoms with Gasteiger partial charge < -0.3 is 25.0 Å². The molecule has 6 heteroatoms. The molecular formula is C23H34ClNO4. The minimum atomic E-state index is -0.593. The summed E-state index contributed by atoms with van der Waals surface area (Å²) in [5.41, 5.74) is 2.23. The monoisotopic (exact) mass is 423 g/mol. The molecule has 0 aliphatic heterocycles. The van der Waals surface area contributed by atoms with Gasteiger partial charge in [0, 0.05) is 18.7 Å². The standard InChI is InChI=1S/C23H33NO4.ClH/c1-23(2,15-19-8-10-21(27-3)11-9-19)24-16-20(26)17-28-22-12-6-18(7-13-22)5-4-14-25;/h6-13,20,24-26H,4-5,14-17H2,1-3H3;1H/t20-;/m1./s1. The number of nitrogens with one attached hydrogen (secondary N) is 1. The van der Waals surface area contributed by atoms with Crippen molar-refractivity contribution in [1.29, 1.82) is 0 Å². The van der Waals surface area contributed by atoms with Crippen LogP contribution in [-0.4, -0.2) is 48.7 Å². The fourth-order valence-electron chi connectivity index (χ4n) is 3.00. The number of hydrogen-bond acceptors (Lipinski definition) is 5. The topological polar surface area (TPSA) is 71.0 Å². The lowest BCUT2D eigenvalue weighted by Gasteiger charge is -2.28. The largest absolute Gasteiger partial charge is 0.497 e. The van der Waals surface area contributed by atoms with Crippen LogP contribution in [0.3, 0.4) is 0 Å². The van der Waals surface area contributed by atoms with Crippen LogP contribution in [0.2, 0.25) is 0 Å². The number of β-amino-alcohol motifs (C(OH)–C–C–N with tert-alkyl or cyclic N) is 1. The summed E-state index contributed by atoms with van der Waals surface area (Å²) in [6.07, 6.45) is 1.87. The van der Waals surface area contributed by atoms with E-state index in [1.54, 1.807) is 7.11 Å². The van der Waals surface area contributed by atoms with Gasteiger partial charge in [-0.25, -0.2) is 0 Å². The molecule has 3 N–H and O–H groups in total. The summed E-state index contributed by atoms with van der Waals surface area (Å²) in [5, 5.41) is 22.5. The Morgan fingerprint density at radius 2 is 1.55 bits per heavy atom. The Balaban J connectivity index is 0.00000420. The molecule has 0 heterocycles. The Hall–Kier alpha value is -1.79. The molecule has 0 aliphatic carbocycles. The average molecular weight is 424 g/mol. The maximum absolute atomic E-state index is 10.2. The van der Waals surface area contributed by atoms with Gasteiger partial charge in [0.05, 0.1) is 7.11 Å². The van der Waals surface area contributed by atoms with Crippen molar-refractivity contribution in [2.24, 2.45) is 0 Å². The molecule has 0 aromatic heterocycles. The predicted octanol–water partition coefficient (Wildman–Crippen LogP) is 3.39. The van der Waals surface area contributed by atoms with Gasteiger partial charge in [-0.3, -0.25) is 0 Å². The van der Waals surface area contributed by atoms with E-state index >= 15 is 0 Å². The molecule has 0 fully saturated rings. The van der Waals surface area contributed by atoms with Crippen molar-refractivity contribution in [3.8, 4) is 11.5 Å². The van der Waals surface area contributed by atoms with E-state index in [9.17, 15) is 5.11 Å². The van der Waals surface area contributed by atoms with Crippen molar-refractivity contribution in [2.75, 3.05) is 26.9 Å². The SMILES string of the molecule is COc1ccc(CC(C)(C)NC[C@@H](O)COc2ccc(CCCO)cc2)cc1.Cl. The van der Waals surface area contributed by atoms with E-state index < -0.39 is 6.10 Å². The zero-order valence-corrected chi connectivity index (χ0v) is 18.4. The first-order valence-electron chi connectivity index (χ1n) is 9.80. The van der Waals surface area contributed by atoms with Crippen molar-refractivity contribution < 1.29 is 19.7 Å². The quantitative estimate of drug-likeness (QED) is 0.488. The number of halogens is 1. The number of benzene rings is 2. The molecule has 5 nitrogen and oxygen atoms in total. The first kappa shape index (κ1) is 25.2. The van der Waals surface area contributed by atoms with Crippen molar-refractivity contribution in [2.45, 2.75) is 44.8 Å². The molecule has 0 saturated heterocycles. The number of methoxy groups -OCH3 is 1. The van der Waals surface area contributed by atoms with Gasteiger partial charge in [-0.15, -0.1) is 12.4 Å². The zero-order valence-electron chi connectivity index (χ0n) is 17.6. The second-order valence-corrected chi connectivity index (χ2v) is 7.73. The van der Waals surface area contributed by atoms with Gasteiger partial charge in [-0.1, -0.05) is 24.3 Å². The molecular weight excluding hydrogens is 390 g/mol. The molecule has 0 radical (unpaired) electrons. The molecule has 2 aromatic rings. The van der Waals surface area contributed by atoms with Gasteiger partial charge in [-0.05, 0) is 68.5 Å². The van der Waals surface area contributed by atoms with Gasteiger partial charge >= 0.3 is 0 Å². The zero-order chi connectivity index (χ0) is 20.4. The van der Waals surface area contributed by atoms with E-state index in [4.69, 9.17) is 14.6 Å². The highest BCUT2D eigenvalue weighted by Gasteiger charge is 2.19. The van der Waals surface area contributed by atoms with Crippen LogP contribution >= 0.6 is 12.4 Å². The number of aryl methyl sites for hydroxylation is 1. The van der Waals surface area contributed by atoms with E-state index in [0.29, 0.717) is 6.54 Å². The minimum absolute atomic E-state index is 0. The second-order valence-electron chi connectivity index (χ2n) is 7.73. The fourth-order valence-corrected chi connectivity index (χ4v) is 3.00. The van der Waals surface area contributed by atoms with Crippen LogP contribution in [0.15, 0.2) is 48.5 Å². The molecule has 29 heavy (non-hydrogen) atoms. The Kier molecular flexibility index (Phi) is 11.1. The lowest BCUT2D eigenvalue weighted by Crippen LogP contribution is -2.46. The smallest absolute Gasteiger partial charge is 0.119 e. The first-order valence-corrected chi connectivity index (χ1v) is 9.80. The number of rotatable bonds is 12. The van der Waals surface area contributed by atoms with Crippen molar-refractivity contribution >= 4 is 12.4 Å². The van der Waals surface area contributed by atoms with Crippen LogP contribution in [0.5, 0.6) is 11.5 Å². The number of aliphatic hydroxyl groups excluding tert-OH is 2. The molecule has 2 aromatic carbocycles. The molecule has 0 spiro atoms. The van der Waals surface area contributed by atoms with Gasteiger partial charge in [0.15, 0.2) is 0 Å². The van der Waals surface area contributed by atoms with Crippen LogP contribution in [0.4, 0.5) is 0 Å². The molecule has 2 rings (SSSR count). The molecule has 162 valence electrons. The maximum Gasteiger partial charge on any atom is 0.119 e. The Labute approximate surface area is 180 Å². The van der Waals surface area contributed by atoms with Gasteiger partial charge in [-0.2, -0.15) is 0 Å². The maximum atomic E-state index is 10.2. The predicted molar refractivity (Wildman–Crippen MR) is 119 cm³/mol. The summed E-state index contributed by atoms with van der Waals surface area (Å²) >= 11 is 0. The summed E-state index contributed by atoms with van der Waals surface area (Å²) in [6.45, 7) is 5.14. The molecule has 0 unspecified atom stereocenters. The highest BCUT2D eigenvalue weighted by molar-refractivity contribution is 5.85. The molecule has 0 aliphatic rings. The Bertz CT molecular complexity index is 689. The fraction of sp³-hybridized carbons (Fsp3) is 0.478. The normalized spacial score (nSPS) is 12.2. The summed E-state index contributed by atoms with van der Waals surface area (Å²) < 4.78 is 10.9. The molecule has 0 saturated carbocycles. The van der Waals surface area contributed by atoms with E-state index in [1.807, 2.05) is 36.4 Å². The van der Waals surface area contributed by atoms with Crippen LogP contribution < -0.4 is 14.8 Å². The summed E-state index contributed by atoms with van der Waals surface area (Å²) in [7, 11) is 1.66. The third kappa shape index (κ3) is 9.50. The molecule has 0 bridgehead atoms. The van der Waals surface area contributed by atoms with Gasteiger partial charge in [0.25, 0.3) is 0 Å². The highest BCUT2D eigenvalue weighted by atomic mass is 35.5. The first-order chi connectivity index (χ1) is 13.4. The van der Waals surface area contributed by atoms with Crippen LogP contribution in [0, 0.1) is 0 Å². The number of ether oxygens (including phenoxy) is 2. The lowest BCUT2D eigenvalue weighted by atomic mass is 9.94. The number of aliphatic hydroxyl groups is 2. The van der Waals surface area contributed by atoms with Gasteiger partial charge in [0.2, 0.25) is 0 Å². The summed E-state index contributed by atoms with van der Waals surface area (Å²) in [6, 6.07) is 15.8. The third-order valence-electron chi connectivity index (χ3n) is 4.61. The Morgan fingerprint density at radius 1 is 0.966 bits per heavy atom. The van der Waals surface area contributed by atoms with E-state index in [0.717, 1.165) is 30.8 Å². The van der Waals surface area contributed by atoms with Crippen LogP contribution in [0.1, 0.15) is 31.4 Å². The van der Waals surface area contributed by atoms with E-state index in [1.165, 1.54) is 11.1 Å². The lowest BCUT2D eigenvalue weighted by molar-refractivity contribution is 0.0988.